The first-order chi connectivity index (χ1) is 14.2. The highest BCUT2D eigenvalue weighted by Gasteiger charge is 2.23. The minimum absolute atomic E-state index is 0.100. The molecule has 1 aliphatic heterocycles. The Morgan fingerprint density at radius 1 is 1.07 bits per heavy atom. The summed E-state index contributed by atoms with van der Waals surface area (Å²) < 4.78 is 14.9. The summed E-state index contributed by atoms with van der Waals surface area (Å²) in [6, 6.07) is 13.1. The number of fused-ring (bicyclic) bond motifs is 3. The molecule has 1 saturated heterocycles. The molecule has 2 aromatic heterocycles. The van der Waals surface area contributed by atoms with E-state index >= 15 is 0 Å². The van der Waals surface area contributed by atoms with Gasteiger partial charge in [0, 0.05) is 30.6 Å². The van der Waals surface area contributed by atoms with E-state index in [1.165, 1.54) is 12.1 Å². The molecule has 3 heterocycles. The number of carbonyl (C=O) groups excluding carboxylic acids is 1. The molecule has 5 rings (SSSR count). The second-order valence-electron chi connectivity index (χ2n) is 6.82. The molecular weight excluding hydrogens is 373 g/mol. The highest BCUT2D eigenvalue weighted by atomic mass is 19.1. The maximum atomic E-state index is 13.3. The van der Waals surface area contributed by atoms with E-state index in [2.05, 4.69) is 31.0 Å². The number of benzene rings is 2. The van der Waals surface area contributed by atoms with Crippen LogP contribution in [-0.2, 0) is 4.79 Å². The molecule has 146 valence electrons. The molecule has 1 aliphatic rings. The summed E-state index contributed by atoms with van der Waals surface area (Å²) in [7, 11) is 0. The van der Waals surface area contributed by atoms with Gasteiger partial charge in [-0.1, -0.05) is 12.1 Å². The first kappa shape index (κ1) is 17.5. The Morgan fingerprint density at radius 3 is 2.76 bits per heavy atom. The fourth-order valence-electron chi connectivity index (χ4n) is 3.38. The Labute approximate surface area is 165 Å². The topological polar surface area (TPSA) is 96.2 Å². The van der Waals surface area contributed by atoms with Crippen molar-refractivity contribution in [3.63, 3.8) is 0 Å². The SMILES string of the molecule is O=C1NCCNC[C@H]1Nc1nc2ccccc2c2nc(-c3ccc(F)cc3)nn12. The van der Waals surface area contributed by atoms with Gasteiger partial charge < -0.3 is 16.0 Å². The fraction of sp³-hybridized carbons (Fsp3) is 0.200. The smallest absolute Gasteiger partial charge is 0.243 e. The van der Waals surface area contributed by atoms with Crippen molar-refractivity contribution in [3.8, 4) is 11.4 Å². The van der Waals surface area contributed by atoms with Crippen molar-refractivity contribution in [2.75, 3.05) is 25.0 Å². The van der Waals surface area contributed by atoms with E-state index in [9.17, 15) is 9.18 Å². The lowest BCUT2D eigenvalue weighted by atomic mass is 10.2. The highest BCUT2D eigenvalue weighted by molar-refractivity contribution is 5.93. The van der Waals surface area contributed by atoms with Gasteiger partial charge in [-0.25, -0.2) is 14.4 Å². The molecule has 9 heteroatoms. The second-order valence-corrected chi connectivity index (χ2v) is 6.82. The zero-order chi connectivity index (χ0) is 19.8. The maximum Gasteiger partial charge on any atom is 0.243 e. The molecule has 3 N–H and O–H groups in total. The standard InChI is InChI=1S/C20H18FN7O/c21-13-7-5-12(6-8-13)17-26-18-14-3-1-2-4-15(14)24-20(28(18)27-17)25-16-11-22-9-10-23-19(16)29/h1-8,16,22H,9-11H2,(H,23,29)(H,24,25)/t16-/m1/s1. The number of nitrogens with one attached hydrogen (secondary N) is 3. The van der Waals surface area contributed by atoms with E-state index in [1.807, 2.05) is 24.3 Å². The summed E-state index contributed by atoms with van der Waals surface area (Å²) >= 11 is 0. The average molecular weight is 391 g/mol. The van der Waals surface area contributed by atoms with Crippen molar-refractivity contribution >= 4 is 28.4 Å². The summed E-state index contributed by atoms with van der Waals surface area (Å²) in [5.74, 6) is 0.453. The number of rotatable bonds is 3. The van der Waals surface area contributed by atoms with Crippen LogP contribution in [0.15, 0.2) is 48.5 Å². The summed E-state index contributed by atoms with van der Waals surface area (Å²) in [6.07, 6.45) is 0. The zero-order valence-corrected chi connectivity index (χ0v) is 15.4. The molecule has 0 aliphatic carbocycles. The molecule has 0 saturated carbocycles. The number of nitrogens with zero attached hydrogens (tertiary/aromatic N) is 4. The maximum absolute atomic E-state index is 13.3. The van der Waals surface area contributed by atoms with Gasteiger partial charge in [-0.3, -0.25) is 4.79 Å². The van der Waals surface area contributed by atoms with Crippen molar-refractivity contribution < 1.29 is 9.18 Å². The summed E-state index contributed by atoms with van der Waals surface area (Å²) in [5.41, 5.74) is 2.04. The molecule has 8 nitrogen and oxygen atoms in total. The lowest BCUT2D eigenvalue weighted by Gasteiger charge is -2.16. The van der Waals surface area contributed by atoms with Crippen LogP contribution < -0.4 is 16.0 Å². The molecule has 0 spiro atoms. The number of hydrogen-bond donors (Lipinski definition) is 3. The third-order valence-electron chi connectivity index (χ3n) is 4.85. The van der Waals surface area contributed by atoms with Crippen LogP contribution in [0, 0.1) is 5.82 Å². The minimum Gasteiger partial charge on any atom is -0.353 e. The first-order valence-corrected chi connectivity index (χ1v) is 9.35. The Morgan fingerprint density at radius 2 is 1.90 bits per heavy atom. The van der Waals surface area contributed by atoms with Crippen molar-refractivity contribution in [1.82, 2.24) is 30.2 Å². The van der Waals surface area contributed by atoms with Gasteiger partial charge in [-0.2, -0.15) is 4.52 Å². The molecule has 0 unspecified atom stereocenters. The molecule has 1 amide bonds. The van der Waals surface area contributed by atoms with E-state index < -0.39 is 6.04 Å². The van der Waals surface area contributed by atoms with Crippen LogP contribution in [0.25, 0.3) is 27.9 Å². The number of aromatic nitrogens is 4. The van der Waals surface area contributed by atoms with Crippen molar-refractivity contribution in [1.29, 1.82) is 0 Å². The minimum atomic E-state index is -0.493. The third kappa shape index (κ3) is 3.25. The lowest BCUT2D eigenvalue weighted by molar-refractivity contribution is -0.121. The van der Waals surface area contributed by atoms with E-state index in [-0.39, 0.29) is 11.7 Å². The van der Waals surface area contributed by atoms with Crippen LogP contribution in [0.1, 0.15) is 0 Å². The fourth-order valence-corrected chi connectivity index (χ4v) is 3.38. The van der Waals surface area contributed by atoms with Crippen molar-refractivity contribution in [3.05, 3.63) is 54.3 Å². The van der Waals surface area contributed by atoms with Crippen molar-refractivity contribution in [2.24, 2.45) is 0 Å². The Kier molecular flexibility index (Phi) is 4.28. The Balaban J connectivity index is 1.65. The predicted octanol–water partition coefficient (Wildman–Crippen LogP) is 1.58. The lowest BCUT2D eigenvalue weighted by Crippen LogP contribution is -2.42. The largest absolute Gasteiger partial charge is 0.353 e. The van der Waals surface area contributed by atoms with Crippen LogP contribution >= 0.6 is 0 Å². The van der Waals surface area contributed by atoms with Crippen LogP contribution in [0.5, 0.6) is 0 Å². The van der Waals surface area contributed by atoms with E-state index in [0.29, 0.717) is 42.6 Å². The Hall–Kier alpha value is -3.59. The van der Waals surface area contributed by atoms with Crippen molar-refractivity contribution in [2.45, 2.75) is 6.04 Å². The number of amides is 1. The van der Waals surface area contributed by atoms with E-state index in [4.69, 9.17) is 0 Å². The third-order valence-corrected chi connectivity index (χ3v) is 4.85. The number of para-hydroxylation sites is 1. The van der Waals surface area contributed by atoms with E-state index in [1.54, 1.807) is 16.6 Å². The highest BCUT2D eigenvalue weighted by Crippen LogP contribution is 2.24. The summed E-state index contributed by atoms with van der Waals surface area (Å²) in [5, 5.41) is 14.7. The predicted molar refractivity (Wildman–Crippen MR) is 107 cm³/mol. The number of anilines is 1. The van der Waals surface area contributed by atoms with Gasteiger partial charge in [0.2, 0.25) is 11.9 Å². The number of hydrogen-bond acceptors (Lipinski definition) is 6. The van der Waals surface area contributed by atoms with Gasteiger partial charge in [-0.05, 0) is 36.4 Å². The van der Waals surface area contributed by atoms with Crippen LogP contribution in [0.2, 0.25) is 0 Å². The molecular formula is C20H18FN7O. The molecule has 0 radical (unpaired) electrons. The average Bonchev–Trinajstić information content (AvgIpc) is 3.09. The quantitative estimate of drug-likeness (QED) is 0.491. The molecule has 1 atom stereocenters. The van der Waals surface area contributed by atoms with Crippen LogP contribution in [0.4, 0.5) is 10.3 Å². The van der Waals surface area contributed by atoms with E-state index in [0.717, 1.165) is 10.9 Å². The van der Waals surface area contributed by atoms with Crippen LogP contribution in [-0.4, -0.2) is 51.2 Å². The van der Waals surface area contributed by atoms with Gasteiger partial charge in [0.15, 0.2) is 11.5 Å². The number of halogens is 1. The molecule has 0 bridgehead atoms. The summed E-state index contributed by atoms with van der Waals surface area (Å²) in [4.78, 5) is 21.7. The molecule has 2 aromatic carbocycles. The first-order valence-electron chi connectivity index (χ1n) is 9.35. The van der Waals surface area contributed by atoms with Gasteiger partial charge >= 0.3 is 0 Å². The summed E-state index contributed by atoms with van der Waals surface area (Å²) in [6.45, 7) is 1.76. The van der Waals surface area contributed by atoms with Gasteiger partial charge in [0.1, 0.15) is 11.9 Å². The van der Waals surface area contributed by atoms with Gasteiger partial charge in [0.25, 0.3) is 0 Å². The Bertz CT molecular complexity index is 1200. The second kappa shape index (κ2) is 7.10. The van der Waals surface area contributed by atoms with Gasteiger partial charge in [0.05, 0.1) is 5.52 Å². The molecule has 1 fully saturated rings. The zero-order valence-electron chi connectivity index (χ0n) is 15.4. The molecule has 29 heavy (non-hydrogen) atoms. The number of carbonyl (C=O) groups is 1. The monoisotopic (exact) mass is 391 g/mol. The van der Waals surface area contributed by atoms with Gasteiger partial charge in [-0.15, -0.1) is 5.10 Å². The van der Waals surface area contributed by atoms with Crippen LogP contribution in [0.3, 0.4) is 0 Å². The normalized spacial score (nSPS) is 17.3. The molecule has 4 aromatic rings.